The molecule has 1 aromatic heterocycles. The Kier molecular flexibility index (Phi) is 6.14. The Labute approximate surface area is 191 Å². The van der Waals surface area contributed by atoms with Gasteiger partial charge in [-0.3, -0.25) is 9.52 Å². The first-order chi connectivity index (χ1) is 15.9. The second-order valence-corrected chi connectivity index (χ2v) is 8.83. The number of hydrogen-bond donors (Lipinski definition) is 2. The van der Waals surface area contributed by atoms with Gasteiger partial charge in [0.2, 0.25) is 0 Å². The van der Waals surface area contributed by atoms with Gasteiger partial charge in [0.25, 0.3) is 15.9 Å². The molecule has 0 bridgehead atoms. The van der Waals surface area contributed by atoms with Gasteiger partial charge in [-0.05, 0) is 49.4 Å². The summed E-state index contributed by atoms with van der Waals surface area (Å²) in [7, 11) is -2.35. The molecule has 9 heteroatoms. The van der Waals surface area contributed by atoms with E-state index in [1.165, 1.54) is 19.2 Å². The van der Waals surface area contributed by atoms with Gasteiger partial charge in [-0.1, -0.05) is 41.6 Å². The number of nitrogens with one attached hydrogen (secondary N) is 2. The van der Waals surface area contributed by atoms with Gasteiger partial charge in [0, 0.05) is 16.9 Å². The SMILES string of the molecule is COc1ccc(NS(=O)(=O)c2cccc(NC(=O)c3c(-c4ccccc4)noc3C)c2)cc1. The van der Waals surface area contributed by atoms with Crippen LogP contribution in [0.1, 0.15) is 16.1 Å². The molecule has 1 amide bonds. The smallest absolute Gasteiger partial charge is 0.261 e. The number of aromatic nitrogens is 1. The standard InChI is InChI=1S/C24H21N3O5S/c1-16-22(23(26-32-16)17-7-4-3-5-8-17)24(28)25-19-9-6-10-21(15-19)33(29,30)27-18-11-13-20(31-2)14-12-18/h3-15,27H,1-2H3,(H,25,28). The fraction of sp³-hybridized carbons (Fsp3) is 0.0833. The van der Waals surface area contributed by atoms with Crippen LogP contribution in [-0.4, -0.2) is 26.6 Å². The Balaban J connectivity index is 1.56. The predicted octanol–water partition coefficient (Wildman–Crippen LogP) is 4.71. The Hall–Kier alpha value is -4.11. The van der Waals surface area contributed by atoms with Crippen molar-refractivity contribution in [3.8, 4) is 17.0 Å². The van der Waals surface area contributed by atoms with E-state index in [4.69, 9.17) is 9.26 Å². The van der Waals surface area contributed by atoms with Crippen molar-refractivity contribution in [1.29, 1.82) is 0 Å². The van der Waals surface area contributed by atoms with Crippen molar-refractivity contribution in [2.45, 2.75) is 11.8 Å². The van der Waals surface area contributed by atoms with Crippen LogP contribution in [0, 0.1) is 6.92 Å². The summed E-state index contributed by atoms with van der Waals surface area (Å²) in [6.45, 7) is 1.65. The number of sulfonamides is 1. The molecule has 0 radical (unpaired) electrons. The van der Waals surface area contributed by atoms with E-state index >= 15 is 0 Å². The number of rotatable bonds is 7. The maximum Gasteiger partial charge on any atom is 0.261 e. The van der Waals surface area contributed by atoms with Crippen LogP contribution in [0.25, 0.3) is 11.3 Å². The van der Waals surface area contributed by atoms with Gasteiger partial charge < -0.3 is 14.6 Å². The molecule has 4 aromatic rings. The highest BCUT2D eigenvalue weighted by molar-refractivity contribution is 7.92. The number of ether oxygens (including phenoxy) is 1. The van der Waals surface area contributed by atoms with Gasteiger partial charge in [-0.15, -0.1) is 0 Å². The highest BCUT2D eigenvalue weighted by Gasteiger charge is 2.22. The number of nitrogens with zero attached hydrogens (tertiary/aromatic N) is 1. The van der Waals surface area contributed by atoms with E-state index in [1.807, 2.05) is 30.3 Å². The third-order valence-electron chi connectivity index (χ3n) is 4.88. The molecule has 4 rings (SSSR count). The highest BCUT2D eigenvalue weighted by Crippen LogP contribution is 2.27. The summed E-state index contributed by atoms with van der Waals surface area (Å²) in [5, 5.41) is 6.75. The molecular formula is C24H21N3O5S. The van der Waals surface area contributed by atoms with Crippen molar-refractivity contribution in [2.24, 2.45) is 0 Å². The van der Waals surface area contributed by atoms with Crippen LogP contribution in [-0.2, 0) is 10.0 Å². The van der Waals surface area contributed by atoms with E-state index in [0.29, 0.717) is 28.6 Å². The average Bonchev–Trinajstić information content (AvgIpc) is 3.21. The molecule has 0 spiro atoms. The summed E-state index contributed by atoms with van der Waals surface area (Å²) in [5.74, 6) is 0.517. The summed E-state index contributed by atoms with van der Waals surface area (Å²) in [6.07, 6.45) is 0. The van der Waals surface area contributed by atoms with Crippen LogP contribution in [0.5, 0.6) is 5.75 Å². The molecule has 168 valence electrons. The summed E-state index contributed by atoms with van der Waals surface area (Å²) >= 11 is 0. The topological polar surface area (TPSA) is 111 Å². The van der Waals surface area contributed by atoms with Crippen LogP contribution in [0.3, 0.4) is 0 Å². The third-order valence-corrected chi connectivity index (χ3v) is 6.26. The molecule has 1 heterocycles. The fourth-order valence-corrected chi connectivity index (χ4v) is 4.34. The van der Waals surface area contributed by atoms with Crippen LogP contribution in [0.4, 0.5) is 11.4 Å². The van der Waals surface area contributed by atoms with Gasteiger partial charge in [0.1, 0.15) is 22.8 Å². The van der Waals surface area contributed by atoms with E-state index in [-0.39, 0.29) is 10.5 Å². The lowest BCUT2D eigenvalue weighted by molar-refractivity contribution is 0.102. The normalized spacial score (nSPS) is 11.1. The van der Waals surface area contributed by atoms with E-state index in [2.05, 4.69) is 15.2 Å². The van der Waals surface area contributed by atoms with Crippen LogP contribution < -0.4 is 14.8 Å². The predicted molar refractivity (Wildman–Crippen MR) is 125 cm³/mol. The molecule has 0 saturated carbocycles. The van der Waals surface area contributed by atoms with E-state index < -0.39 is 15.9 Å². The van der Waals surface area contributed by atoms with Crippen molar-refractivity contribution >= 4 is 27.3 Å². The Morgan fingerprint density at radius 2 is 1.67 bits per heavy atom. The minimum atomic E-state index is -3.88. The second-order valence-electron chi connectivity index (χ2n) is 7.14. The first-order valence-corrected chi connectivity index (χ1v) is 11.5. The van der Waals surface area contributed by atoms with Crippen molar-refractivity contribution in [3.05, 3.63) is 90.2 Å². The van der Waals surface area contributed by atoms with Gasteiger partial charge >= 0.3 is 0 Å². The van der Waals surface area contributed by atoms with Gasteiger partial charge in [0.05, 0.1) is 12.0 Å². The quantitative estimate of drug-likeness (QED) is 0.411. The molecule has 0 atom stereocenters. The molecule has 0 unspecified atom stereocenters. The van der Waals surface area contributed by atoms with E-state index in [9.17, 15) is 13.2 Å². The van der Waals surface area contributed by atoms with Crippen molar-refractivity contribution in [2.75, 3.05) is 17.1 Å². The maximum absolute atomic E-state index is 13.0. The Morgan fingerprint density at radius 3 is 2.36 bits per heavy atom. The third kappa shape index (κ3) is 4.88. The van der Waals surface area contributed by atoms with Gasteiger partial charge in [-0.25, -0.2) is 8.42 Å². The van der Waals surface area contributed by atoms with Crippen molar-refractivity contribution < 1.29 is 22.5 Å². The van der Waals surface area contributed by atoms with Gasteiger partial charge in [-0.2, -0.15) is 0 Å². The lowest BCUT2D eigenvalue weighted by Crippen LogP contribution is -2.16. The number of aryl methyl sites for hydroxylation is 1. The largest absolute Gasteiger partial charge is 0.497 e. The number of amides is 1. The van der Waals surface area contributed by atoms with Crippen LogP contribution >= 0.6 is 0 Å². The zero-order chi connectivity index (χ0) is 23.4. The molecule has 8 nitrogen and oxygen atoms in total. The first kappa shape index (κ1) is 22.1. The second kappa shape index (κ2) is 9.17. The molecule has 0 aliphatic carbocycles. The van der Waals surface area contributed by atoms with Crippen molar-refractivity contribution in [1.82, 2.24) is 5.16 Å². The molecule has 2 N–H and O–H groups in total. The minimum Gasteiger partial charge on any atom is -0.497 e. The molecular weight excluding hydrogens is 442 g/mol. The Morgan fingerprint density at radius 1 is 0.939 bits per heavy atom. The van der Waals surface area contributed by atoms with E-state index in [0.717, 1.165) is 5.56 Å². The number of carbonyl (C=O) groups excluding carboxylic acids is 1. The van der Waals surface area contributed by atoms with E-state index in [1.54, 1.807) is 43.3 Å². The van der Waals surface area contributed by atoms with Gasteiger partial charge in [0.15, 0.2) is 0 Å². The molecule has 0 aliphatic heterocycles. The molecule has 0 aliphatic rings. The molecule has 3 aromatic carbocycles. The highest BCUT2D eigenvalue weighted by atomic mass is 32.2. The molecule has 0 saturated heterocycles. The number of benzene rings is 3. The lowest BCUT2D eigenvalue weighted by atomic mass is 10.1. The number of carbonyl (C=O) groups is 1. The summed E-state index contributed by atoms with van der Waals surface area (Å²) in [6, 6.07) is 21.7. The number of anilines is 2. The average molecular weight is 464 g/mol. The molecule has 33 heavy (non-hydrogen) atoms. The zero-order valence-corrected chi connectivity index (χ0v) is 18.7. The van der Waals surface area contributed by atoms with Crippen molar-refractivity contribution in [3.63, 3.8) is 0 Å². The Bertz CT molecular complexity index is 1380. The summed E-state index contributed by atoms with van der Waals surface area (Å²) in [5.41, 5.74) is 2.14. The molecule has 0 fully saturated rings. The summed E-state index contributed by atoms with van der Waals surface area (Å²) in [4.78, 5) is 13.0. The number of hydrogen-bond acceptors (Lipinski definition) is 6. The first-order valence-electron chi connectivity index (χ1n) is 9.97. The van der Waals surface area contributed by atoms with Crippen LogP contribution in [0.15, 0.2) is 88.3 Å². The monoisotopic (exact) mass is 463 g/mol. The zero-order valence-electron chi connectivity index (χ0n) is 17.9. The van der Waals surface area contributed by atoms with Crippen LogP contribution in [0.2, 0.25) is 0 Å². The maximum atomic E-state index is 13.0. The lowest BCUT2D eigenvalue weighted by Gasteiger charge is -2.11. The minimum absolute atomic E-state index is 0.00133. The number of methoxy groups -OCH3 is 1. The summed E-state index contributed by atoms with van der Waals surface area (Å²) < 4.78 is 38.5. The fourth-order valence-electron chi connectivity index (χ4n) is 3.24.